The Morgan fingerprint density at radius 3 is 2.52 bits per heavy atom. The van der Waals surface area contributed by atoms with Gasteiger partial charge in [-0.15, -0.1) is 0 Å². The molecule has 0 spiro atoms. The van der Waals surface area contributed by atoms with Crippen molar-refractivity contribution in [2.75, 3.05) is 7.11 Å². The van der Waals surface area contributed by atoms with Crippen LogP contribution in [0.25, 0.3) is 0 Å². The fraction of sp³-hybridized carbons (Fsp3) is 0.0476. The van der Waals surface area contributed by atoms with E-state index in [-0.39, 0.29) is 22.7 Å². The highest BCUT2D eigenvalue weighted by atomic mass is 16.6. The van der Waals surface area contributed by atoms with Gasteiger partial charge in [-0.25, -0.2) is 10.2 Å². The van der Waals surface area contributed by atoms with Crippen LogP contribution in [-0.4, -0.2) is 35.1 Å². The summed E-state index contributed by atoms with van der Waals surface area (Å²) in [6.07, 6.45) is 4.38. The summed E-state index contributed by atoms with van der Waals surface area (Å²) in [5.41, 5.74) is 3.35. The van der Waals surface area contributed by atoms with E-state index in [0.29, 0.717) is 11.1 Å². The SMILES string of the molecule is COc1cc(/C=N/NC(=O)c2cccnc2)ccc1OC(=O)c1ccc([N+](=O)[O-])cc1. The molecular weight excluding hydrogens is 404 g/mol. The van der Waals surface area contributed by atoms with Gasteiger partial charge in [-0.05, 0) is 48.0 Å². The zero-order valence-corrected chi connectivity index (χ0v) is 16.2. The van der Waals surface area contributed by atoms with E-state index in [4.69, 9.17) is 9.47 Å². The molecule has 10 heteroatoms. The van der Waals surface area contributed by atoms with Crippen molar-refractivity contribution in [2.24, 2.45) is 5.10 Å². The molecule has 0 atom stereocenters. The first-order valence-corrected chi connectivity index (χ1v) is 8.86. The van der Waals surface area contributed by atoms with Crippen molar-refractivity contribution in [3.05, 3.63) is 93.8 Å². The van der Waals surface area contributed by atoms with Crippen LogP contribution in [0.4, 0.5) is 5.69 Å². The molecule has 1 N–H and O–H groups in total. The van der Waals surface area contributed by atoms with E-state index in [9.17, 15) is 19.7 Å². The van der Waals surface area contributed by atoms with Gasteiger partial charge in [0.1, 0.15) is 0 Å². The Balaban J connectivity index is 1.67. The molecule has 10 nitrogen and oxygen atoms in total. The fourth-order valence-electron chi connectivity index (χ4n) is 2.45. The van der Waals surface area contributed by atoms with Crippen LogP contribution in [0.3, 0.4) is 0 Å². The van der Waals surface area contributed by atoms with Crippen LogP contribution >= 0.6 is 0 Å². The average molecular weight is 420 g/mol. The number of hydrogen-bond donors (Lipinski definition) is 1. The van der Waals surface area contributed by atoms with E-state index in [1.807, 2.05) is 0 Å². The highest BCUT2D eigenvalue weighted by Crippen LogP contribution is 2.28. The lowest BCUT2D eigenvalue weighted by Crippen LogP contribution is -2.17. The van der Waals surface area contributed by atoms with E-state index in [0.717, 1.165) is 0 Å². The summed E-state index contributed by atoms with van der Waals surface area (Å²) in [6.45, 7) is 0. The van der Waals surface area contributed by atoms with E-state index in [1.54, 1.807) is 30.5 Å². The summed E-state index contributed by atoms with van der Waals surface area (Å²) in [5.74, 6) is -0.691. The Kier molecular flexibility index (Phi) is 6.64. The van der Waals surface area contributed by atoms with Gasteiger partial charge in [-0.2, -0.15) is 5.10 Å². The van der Waals surface area contributed by atoms with Crippen molar-refractivity contribution < 1.29 is 24.0 Å². The fourth-order valence-corrected chi connectivity index (χ4v) is 2.45. The number of benzene rings is 2. The van der Waals surface area contributed by atoms with Crippen molar-refractivity contribution >= 4 is 23.8 Å². The van der Waals surface area contributed by atoms with Crippen LogP contribution in [0.2, 0.25) is 0 Å². The summed E-state index contributed by atoms with van der Waals surface area (Å²) in [7, 11) is 1.41. The summed E-state index contributed by atoms with van der Waals surface area (Å²) in [5, 5.41) is 14.6. The Bertz CT molecular complexity index is 1130. The molecule has 0 radical (unpaired) electrons. The number of pyridine rings is 1. The van der Waals surface area contributed by atoms with E-state index in [2.05, 4.69) is 15.5 Å². The smallest absolute Gasteiger partial charge is 0.343 e. The molecule has 0 aliphatic rings. The van der Waals surface area contributed by atoms with Gasteiger partial charge in [0, 0.05) is 24.5 Å². The molecule has 2 aromatic carbocycles. The second kappa shape index (κ2) is 9.74. The van der Waals surface area contributed by atoms with E-state index >= 15 is 0 Å². The molecule has 1 amide bonds. The van der Waals surface area contributed by atoms with Gasteiger partial charge >= 0.3 is 5.97 Å². The average Bonchev–Trinajstić information content (AvgIpc) is 2.80. The lowest BCUT2D eigenvalue weighted by molar-refractivity contribution is -0.384. The predicted octanol–water partition coefficient (Wildman–Crippen LogP) is 2.98. The third kappa shape index (κ3) is 5.48. The molecule has 3 aromatic rings. The largest absolute Gasteiger partial charge is 0.493 e. The van der Waals surface area contributed by atoms with Crippen molar-refractivity contribution in [1.29, 1.82) is 0 Å². The highest BCUT2D eigenvalue weighted by molar-refractivity contribution is 5.94. The second-order valence-corrected chi connectivity index (χ2v) is 6.04. The van der Waals surface area contributed by atoms with Gasteiger partial charge in [0.05, 0.1) is 29.4 Å². The molecule has 3 rings (SSSR count). The maximum Gasteiger partial charge on any atom is 0.343 e. The van der Waals surface area contributed by atoms with Crippen molar-refractivity contribution in [3.63, 3.8) is 0 Å². The molecule has 0 unspecified atom stereocenters. The zero-order valence-electron chi connectivity index (χ0n) is 16.2. The molecule has 31 heavy (non-hydrogen) atoms. The van der Waals surface area contributed by atoms with Crippen LogP contribution in [0.1, 0.15) is 26.3 Å². The number of amides is 1. The van der Waals surface area contributed by atoms with Crippen LogP contribution in [0.15, 0.2) is 72.1 Å². The van der Waals surface area contributed by atoms with Gasteiger partial charge in [0.2, 0.25) is 0 Å². The number of aromatic nitrogens is 1. The lowest BCUT2D eigenvalue weighted by Gasteiger charge is -2.10. The Morgan fingerprint density at radius 1 is 1.10 bits per heavy atom. The third-order valence-corrected chi connectivity index (χ3v) is 4.01. The van der Waals surface area contributed by atoms with Gasteiger partial charge < -0.3 is 9.47 Å². The van der Waals surface area contributed by atoms with Gasteiger partial charge in [-0.3, -0.25) is 19.9 Å². The normalized spacial score (nSPS) is 10.5. The van der Waals surface area contributed by atoms with Crippen molar-refractivity contribution in [1.82, 2.24) is 10.4 Å². The topological polar surface area (TPSA) is 133 Å². The van der Waals surface area contributed by atoms with E-state index < -0.39 is 16.8 Å². The molecule has 1 aromatic heterocycles. The van der Waals surface area contributed by atoms with E-state index in [1.165, 1.54) is 49.9 Å². The molecule has 0 saturated heterocycles. The second-order valence-electron chi connectivity index (χ2n) is 6.04. The summed E-state index contributed by atoms with van der Waals surface area (Å²) >= 11 is 0. The zero-order chi connectivity index (χ0) is 22.2. The molecular formula is C21H16N4O6. The quantitative estimate of drug-likeness (QED) is 0.204. The first-order chi connectivity index (χ1) is 15.0. The maximum absolute atomic E-state index is 12.3. The molecule has 0 fully saturated rings. The molecule has 0 aliphatic heterocycles. The number of nitro groups is 1. The Morgan fingerprint density at radius 2 is 1.87 bits per heavy atom. The number of nitrogens with zero attached hydrogens (tertiary/aromatic N) is 3. The molecule has 1 heterocycles. The number of esters is 1. The number of rotatable bonds is 7. The molecule has 0 saturated carbocycles. The maximum atomic E-state index is 12.3. The predicted molar refractivity (Wildman–Crippen MR) is 110 cm³/mol. The minimum Gasteiger partial charge on any atom is -0.493 e. The minimum absolute atomic E-state index is 0.131. The number of nitro benzene ring substituents is 1. The first kappa shape index (κ1) is 21.1. The first-order valence-electron chi connectivity index (χ1n) is 8.86. The minimum atomic E-state index is -0.696. The lowest BCUT2D eigenvalue weighted by atomic mass is 10.2. The molecule has 0 bridgehead atoms. The van der Waals surface area contributed by atoms with Gasteiger partial charge in [-0.1, -0.05) is 0 Å². The van der Waals surface area contributed by atoms with Gasteiger partial charge in [0.15, 0.2) is 11.5 Å². The van der Waals surface area contributed by atoms with Crippen LogP contribution in [0, 0.1) is 10.1 Å². The Labute approximate surface area is 176 Å². The summed E-state index contributed by atoms with van der Waals surface area (Å²) in [6, 6.07) is 13.0. The number of ether oxygens (including phenoxy) is 2. The number of hydrazone groups is 1. The standard InChI is InChI=1S/C21H16N4O6/c1-30-19-11-14(12-23-24-20(26)16-3-2-10-22-13-16)4-9-18(19)31-21(27)15-5-7-17(8-6-15)25(28)29/h2-13H,1H3,(H,24,26)/b23-12+. The number of methoxy groups -OCH3 is 1. The van der Waals surface area contributed by atoms with Crippen LogP contribution in [-0.2, 0) is 0 Å². The summed E-state index contributed by atoms with van der Waals surface area (Å²) < 4.78 is 10.6. The van der Waals surface area contributed by atoms with Crippen molar-refractivity contribution in [2.45, 2.75) is 0 Å². The summed E-state index contributed by atoms with van der Waals surface area (Å²) in [4.78, 5) is 38.3. The molecule has 156 valence electrons. The van der Waals surface area contributed by atoms with Gasteiger partial charge in [0.25, 0.3) is 11.6 Å². The number of hydrogen-bond acceptors (Lipinski definition) is 8. The molecule has 0 aliphatic carbocycles. The number of carbonyl (C=O) groups is 2. The third-order valence-electron chi connectivity index (χ3n) is 4.01. The number of non-ortho nitro benzene ring substituents is 1. The number of carbonyl (C=O) groups excluding carboxylic acids is 2. The van der Waals surface area contributed by atoms with Crippen LogP contribution < -0.4 is 14.9 Å². The monoisotopic (exact) mass is 420 g/mol. The Hall–Kier alpha value is -4.60. The van der Waals surface area contributed by atoms with Crippen LogP contribution in [0.5, 0.6) is 11.5 Å². The number of nitrogens with one attached hydrogen (secondary N) is 1. The van der Waals surface area contributed by atoms with Crippen molar-refractivity contribution in [3.8, 4) is 11.5 Å². The highest BCUT2D eigenvalue weighted by Gasteiger charge is 2.14.